The molecule has 0 amide bonds. The third-order valence-corrected chi connectivity index (χ3v) is 5.59. The largest absolute Gasteiger partial charge is 0.390 e. The average Bonchev–Trinajstić information content (AvgIpc) is 3.13. The Balaban J connectivity index is 1.72. The van der Waals surface area contributed by atoms with Crippen molar-refractivity contribution in [1.29, 1.82) is 0 Å². The van der Waals surface area contributed by atoms with Crippen LogP contribution >= 0.6 is 11.8 Å². The smallest absolute Gasteiger partial charge is 0.144 e. The van der Waals surface area contributed by atoms with Crippen LogP contribution in [0, 0.1) is 12.8 Å². The summed E-state index contributed by atoms with van der Waals surface area (Å²) in [7, 11) is 0. The van der Waals surface area contributed by atoms with Gasteiger partial charge in [-0.15, -0.1) is 0 Å². The molecule has 1 aromatic carbocycles. The van der Waals surface area contributed by atoms with Gasteiger partial charge in [-0.2, -0.15) is 0 Å². The molecule has 123 valence electrons. The highest BCUT2D eigenvalue weighted by atomic mass is 32.2. The molecule has 2 heterocycles. The molecule has 0 spiro atoms. The Morgan fingerprint density at radius 3 is 2.58 bits per heavy atom. The highest BCUT2D eigenvalue weighted by molar-refractivity contribution is 7.99. The lowest BCUT2D eigenvalue weighted by atomic mass is 10.1. The summed E-state index contributed by atoms with van der Waals surface area (Å²) in [6.45, 7) is 3.92. The predicted octanol–water partition coefficient (Wildman–Crippen LogP) is 2.70. The predicted molar refractivity (Wildman–Crippen MR) is 92.6 cm³/mol. The molecular formula is C18H18N3O2S. The number of hydrogen-bond acceptors (Lipinski definition) is 5. The maximum absolute atomic E-state index is 10.3. The van der Waals surface area contributed by atoms with Crippen LogP contribution in [0.3, 0.4) is 0 Å². The van der Waals surface area contributed by atoms with Gasteiger partial charge in [0.2, 0.25) is 0 Å². The number of nitrogens with zero attached hydrogens (tertiary/aromatic N) is 3. The lowest BCUT2D eigenvalue weighted by Gasteiger charge is -2.19. The molecule has 1 aliphatic carbocycles. The number of aliphatic hydroxyl groups excluding tert-OH is 2. The molecule has 1 fully saturated rings. The van der Waals surface area contributed by atoms with Crippen molar-refractivity contribution in [3.8, 4) is 0 Å². The van der Waals surface area contributed by atoms with Gasteiger partial charge in [-0.1, -0.05) is 30.0 Å². The zero-order valence-electron chi connectivity index (χ0n) is 13.0. The third-order valence-electron chi connectivity index (χ3n) is 4.56. The van der Waals surface area contributed by atoms with Gasteiger partial charge in [0.25, 0.3) is 0 Å². The second-order valence-electron chi connectivity index (χ2n) is 6.10. The highest BCUT2D eigenvalue weighted by Gasteiger charge is 2.40. The number of fused-ring (bicyclic) bond motifs is 1. The SMILES string of the molecule is [CH2][C@H]1C[C@@H](n2ccc3c(Sc4ccccc4)ncnc32)[C@H](O)[C@@H]1O. The Hall–Kier alpha value is -1.89. The highest BCUT2D eigenvalue weighted by Crippen LogP contribution is 2.38. The normalized spacial score (nSPS) is 27.0. The van der Waals surface area contributed by atoms with Crippen LogP contribution in [0.2, 0.25) is 0 Å². The van der Waals surface area contributed by atoms with Crippen molar-refractivity contribution >= 4 is 22.8 Å². The summed E-state index contributed by atoms with van der Waals surface area (Å²) < 4.78 is 1.94. The quantitative estimate of drug-likeness (QED) is 0.717. The fourth-order valence-corrected chi connectivity index (χ4v) is 4.16. The third kappa shape index (κ3) is 2.60. The van der Waals surface area contributed by atoms with Crippen LogP contribution in [0.1, 0.15) is 12.5 Å². The van der Waals surface area contributed by atoms with E-state index in [0.717, 1.165) is 21.0 Å². The average molecular weight is 340 g/mol. The Morgan fingerprint density at radius 2 is 1.88 bits per heavy atom. The molecule has 6 heteroatoms. The summed E-state index contributed by atoms with van der Waals surface area (Å²) in [6.07, 6.45) is 2.45. The van der Waals surface area contributed by atoms with Crippen molar-refractivity contribution in [2.75, 3.05) is 0 Å². The van der Waals surface area contributed by atoms with Crippen molar-refractivity contribution in [3.05, 3.63) is 55.8 Å². The van der Waals surface area contributed by atoms with Gasteiger partial charge in [0.05, 0.1) is 17.5 Å². The number of benzene rings is 1. The fourth-order valence-electron chi connectivity index (χ4n) is 3.27. The fraction of sp³-hybridized carbons (Fsp3) is 0.278. The topological polar surface area (TPSA) is 71.2 Å². The first kappa shape index (κ1) is 15.6. The minimum absolute atomic E-state index is 0.178. The van der Waals surface area contributed by atoms with E-state index in [0.29, 0.717) is 6.42 Å². The van der Waals surface area contributed by atoms with Crippen LogP contribution < -0.4 is 0 Å². The molecule has 4 atom stereocenters. The molecule has 2 N–H and O–H groups in total. The molecular weight excluding hydrogens is 322 g/mol. The van der Waals surface area contributed by atoms with Gasteiger partial charge in [-0.3, -0.25) is 0 Å². The van der Waals surface area contributed by atoms with Crippen LogP contribution in [0.4, 0.5) is 0 Å². The van der Waals surface area contributed by atoms with Crippen molar-refractivity contribution in [2.45, 2.75) is 34.6 Å². The van der Waals surface area contributed by atoms with Crippen molar-refractivity contribution in [1.82, 2.24) is 14.5 Å². The second kappa shape index (κ2) is 6.20. The number of rotatable bonds is 3. The maximum atomic E-state index is 10.3. The molecule has 1 saturated carbocycles. The first-order valence-electron chi connectivity index (χ1n) is 7.89. The lowest BCUT2D eigenvalue weighted by molar-refractivity contribution is 0.0134. The second-order valence-corrected chi connectivity index (χ2v) is 7.16. The van der Waals surface area contributed by atoms with Crippen molar-refractivity contribution < 1.29 is 10.2 Å². The summed E-state index contributed by atoms with van der Waals surface area (Å²) in [6, 6.07) is 11.8. The Kier molecular flexibility index (Phi) is 4.04. The Labute approximate surface area is 144 Å². The molecule has 0 bridgehead atoms. The lowest BCUT2D eigenvalue weighted by Crippen LogP contribution is -2.28. The zero-order valence-corrected chi connectivity index (χ0v) is 13.8. The van der Waals surface area contributed by atoms with Crippen LogP contribution in [0.5, 0.6) is 0 Å². The van der Waals surface area contributed by atoms with E-state index in [9.17, 15) is 10.2 Å². The molecule has 0 unspecified atom stereocenters. The molecule has 3 aromatic rings. The summed E-state index contributed by atoms with van der Waals surface area (Å²) in [5.74, 6) is -0.178. The van der Waals surface area contributed by atoms with E-state index in [1.54, 1.807) is 18.1 Å². The summed E-state index contributed by atoms with van der Waals surface area (Å²) >= 11 is 1.59. The van der Waals surface area contributed by atoms with Crippen LogP contribution in [0.25, 0.3) is 11.0 Å². The zero-order chi connectivity index (χ0) is 16.7. The Bertz CT molecular complexity index is 852. The van der Waals surface area contributed by atoms with Crippen molar-refractivity contribution in [3.63, 3.8) is 0 Å². The molecule has 4 rings (SSSR count). The van der Waals surface area contributed by atoms with Crippen LogP contribution in [-0.4, -0.2) is 37.0 Å². The minimum Gasteiger partial charge on any atom is -0.390 e. The van der Waals surface area contributed by atoms with Gasteiger partial charge in [0.1, 0.15) is 23.1 Å². The summed E-state index contributed by atoms with van der Waals surface area (Å²) in [4.78, 5) is 9.91. The molecule has 2 aromatic heterocycles. The van der Waals surface area contributed by atoms with E-state index in [4.69, 9.17) is 0 Å². The van der Waals surface area contributed by atoms with E-state index in [1.807, 2.05) is 47.2 Å². The minimum atomic E-state index is -0.830. The Morgan fingerprint density at radius 1 is 1.08 bits per heavy atom. The molecule has 5 nitrogen and oxygen atoms in total. The van der Waals surface area contributed by atoms with Gasteiger partial charge in [-0.05, 0) is 37.5 Å². The first-order valence-corrected chi connectivity index (χ1v) is 8.70. The van der Waals surface area contributed by atoms with E-state index in [-0.39, 0.29) is 12.0 Å². The number of hydrogen-bond donors (Lipinski definition) is 2. The van der Waals surface area contributed by atoms with E-state index < -0.39 is 12.2 Å². The van der Waals surface area contributed by atoms with Gasteiger partial charge < -0.3 is 14.8 Å². The maximum Gasteiger partial charge on any atom is 0.144 e. The van der Waals surface area contributed by atoms with Gasteiger partial charge in [0, 0.05) is 11.1 Å². The molecule has 24 heavy (non-hydrogen) atoms. The van der Waals surface area contributed by atoms with Gasteiger partial charge >= 0.3 is 0 Å². The number of aliphatic hydroxyl groups is 2. The first-order chi connectivity index (χ1) is 11.6. The van der Waals surface area contributed by atoms with Gasteiger partial charge in [0.15, 0.2) is 0 Å². The monoisotopic (exact) mass is 340 g/mol. The van der Waals surface area contributed by atoms with Crippen LogP contribution in [0.15, 0.2) is 58.8 Å². The summed E-state index contributed by atoms with van der Waals surface area (Å²) in [5.41, 5.74) is 0.772. The molecule has 0 aliphatic heterocycles. The number of aromatic nitrogens is 3. The summed E-state index contributed by atoms with van der Waals surface area (Å²) in [5, 5.41) is 22.1. The van der Waals surface area contributed by atoms with Crippen LogP contribution in [-0.2, 0) is 0 Å². The van der Waals surface area contributed by atoms with E-state index in [1.165, 1.54) is 0 Å². The standard InChI is InChI=1S/C18H18N3O2S/c1-11-9-14(16(23)15(11)22)21-8-7-13-17(21)19-10-20-18(13)24-12-5-3-2-4-6-12/h2-8,10-11,14-16,22-23H,1,9H2/t11-,14+,15+,16-/m0/s1. The molecule has 1 radical (unpaired) electrons. The van der Waals surface area contributed by atoms with Crippen molar-refractivity contribution in [2.24, 2.45) is 5.92 Å². The van der Waals surface area contributed by atoms with E-state index in [2.05, 4.69) is 16.9 Å². The molecule has 0 saturated heterocycles. The van der Waals surface area contributed by atoms with Gasteiger partial charge in [-0.25, -0.2) is 9.97 Å². The molecule has 1 aliphatic rings. The van der Waals surface area contributed by atoms with E-state index >= 15 is 0 Å².